The Morgan fingerprint density at radius 2 is 1.75 bits per heavy atom. The normalized spacial score (nSPS) is 14.8. The fourth-order valence-corrected chi connectivity index (χ4v) is 2.24. The number of nitrogens with one attached hydrogen (secondary N) is 1. The Bertz CT molecular complexity index is 488. The van der Waals surface area contributed by atoms with Gasteiger partial charge in [0.2, 0.25) is 5.91 Å². The second kappa shape index (κ2) is 6.74. The third-order valence-electron chi connectivity index (χ3n) is 3.38. The third kappa shape index (κ3) is 3.72. The molecule has 0 atom stereocenters. The lowest BCUT2D eigenvalue weighted by atomic mass is 10.2. The Balaban J connectivity index is 1.75. The van der Waals surface area contributed by atoms with Crippen molar-refractivity contribution in [2.75, 3.05) is 19.6 Å². The lowest BCUT2D eigenvalue weighted by molar-refractivity contribution is -0.130. The van der Waals surface area contributed by atoms with Gasteiger partial charge in [-0.3, -0.25) is 4.79 Å². The Morgan fingerprint density at radius 3 is 2.45 bits per heavy atom. The van der Waals surface area contributed by atoms with Crippen molar-refractivity contribution in [2.24, 2.45) is 0 Å². The van der Waals surface area contributed by atoms with Crippen molar-refractivity contribution in [2.45, 2.75) is 25.8 Å². The van der Waals surface area contributed by atoms with Crippen molar-refractivity contribution in [1.29, 1.82) is 0 Å². The summed E-state index contributed by atoms with van der Waals surface area (Å²) in [5, 5.41) is 2.87. The minimum atomic E-state index is -1.20. The van der Waals surface area contributed by atoms with Crippen LogP contribution in [0.3, 0.4) is 0 Å². The van der Waals surface area contributed by atoms with Gasteiger partial charge in [-0.15, -0.1) is 0 Å². The average molecular weight is 286 g/mol. The molecule has 1 saturated heterocycles. The van der Waals surface area contributed by atoms with Crippen molar-refractivity contribution in [3.63, 3.8) is 0 Å². The fourth-order valence-electron chi connectivity index (χ4n) is 2.24. The maximum atomic E-state index is 13.3. The van der Waals surface area contributed by atoms with Gasteiger partial charge in [0.15, 0.2) is 11.6 Å². The molecule has 1 aliphatic rings. The molecule has 1 aromatic carbocycles. The number of carbonyl (C=O) groups excluding carboxylic acids is 1. The van der Waals surface area contributed by atoms with Crippen LogP contribution in [0.15, 0.2) is 12.1 Å². The molecular weight excluding hydrogens is 269 g/mol. The van der Waals surface area contributed by atoms with E-state index in [-0.39, 0.29) is 18.0 Å². The molecule has 0 bridgehead atoms. The Labute approximate surface area is 115 Å². The summed E-state index contributed by atoms with van der Waals surface area (Å²) < 4.78 is 39.1. The van der Waals surface area contributed by atoms with Gasteiger partial charge in [-0.05, 0) is 18.9 Å². The van der Waals surface area contributed by atoms with Crippen LogP contribution in [-0.2, 0) is 11.3 Å². The molecule has 1 amide bonds. The molecule has 0 unspecified atom stereocenters. The van der Waals surface area contributed by atoms with E-state index in [4.69, 9.17) is 0 Å². The van der Waals surface area contributed by atoms with E-state index in [9.17, 15) is 18.0 Å². The fraction of sp³-hybridized carbons (Fsp3) is 0.500. The number of carbonyl (C=O) groups is 1. The van der Waals surface area contributed by atoms with E-state index < -0.39 is 17.5 Å². The smallest absolute Gasteiger partial charge is 0.223 e. The van der Waals surface area contributed by atoms with E-state index in [0.29, 0.717) is 19.0 Å². The van der Waals surface area contributed by atoms with E-state index in [1.54, 1.807) is 4.90 Å². The van der Waals surface area contributed by atoms with E-state index >= 15 is 0 Å². The standard InChI is InChI=1S/C14H17F3N2O/c15-11-8-13(17)12(16)7-10(11)9-18-4-3-14(20)19-5-1-2-6-19/h7-8,18H,1-6,9H2. The molecule has 1 N–H and O–H groups in total. The number of hydrogen-bond donors (Lipinski definition) is 1. The van der Waals surface area contributed by atoms with Gasteiger partial charge in [-0.2, -0.15) is 0 Å². The van der Waals surface area contributed by atoms with Gasteiger partial charge < -0.3 is 10.2 Å². The molecule has 6 heteroatoms. The van der Waals surface area contributed by atoms with Gasteiger partial charge in [0.1, 0.15) is 5.82 Å². The molecule has 1 fully saturated rings. The molecule has 0 radical (unpaired) electrons. The quantitative estimate of drug-likeness (QED) is 0.665. The van der Waals surface area contributed by atoms with Crippen LogP contribution in [0.5, 0.6) is 0 Å². The Kier molecular flexibility index (Phi) is 5.00. The first-order chi connectivity index (χ1) is 9.58. The van der Waals surface area contributed by atoms with Gasteiger partial charge in [0, 0.05) is 44.2 Å². The molecule has 110 valence electrons. The molecule has 1 aromatic rings. The number of benzene rings is 1. The summed E-state index contributed by atoms with van der Waals surface area (Å²) in [7, 11) is 0. The summed E-state index contributed by atoms with van der Waals surface area (Å²) in [4.78, 5) is 13.5. The van der Waals surface area contributed by atoms with Crippen LogP contribution in [0, 0.1) is 17.5 Å². The van der Waals surface area contributed by atoms with Gasteiger partial charge in [-0.1, -0.05) is 0 Å². The zero-order valence-electron chi connectivity index (χ0n) is 11.1. The van der Waals surface area contributed by atoms with Crippen molar-refractivity contribution < 1.29 is 18.0 Å². The van der Waals surface area contributed by atoms with Crippen LogP contribution in [0.1, 0.15) is 24.8 Å². The Hall–Kier alpha value is -1.56. The number of hydrogen-bond acceptors (Lipinski definition) is 2. The molecule has 0 aliphatic carbocycles. The first kappa shape index (κ1) is 14.8. The topological polar surface area (TPSA) is 32.3 Å². The molecular formula is C14H17F3N2O. The van der Waals surface area contributed by atoms with Crippen LogP contribution < -0.4 is 5.32 Å². The summed E-state index contributed by atoms with van der Waals surface area (Å²) in [5.41, 5.74) is 0.0533. The minimum absolute atomic E-state index is 0.0533. The maximum absolute atomic E-state index is 13.3. The molecule has 0 saturated carbocycles. The predicted octanol–water partition coefficient (Wildman–Crippen LogP) is 2.21. The van der Waals surface area contributed by atoms with E-state index in [2.05, 4.69) is 5.32 Å². The SMILES string of the molecule is O=C(CCNCc1cc(F)c(F)cc1F)N1CCCC1. The summed E-state index contributed by atoms with van der Waals surface area (Å²) in [6.07, 6.45) is 2.41. The van der Waals surface area contributed by atoms with Crippen LogP contribution in [0.2, 0.25) is 0 Å². The predicted molar refractivity (Wildman–Crippen MR) is 68.5 cm³/mol. The number of rotatable bonds is 5. The molecule has 1 heterocycles. The lowest BCUT2D eigenvalue weighted by Gasteiger charge is -2.15. The van der Waals surface area contributed by atoms with E-state index in [0.717, 1.165) is 32.0 Å². The van der Waals surface area contributed by atoms with E-state index in [1.807, 2.05) is 0 Å². The van der Waals surface area contributed by atoms with Crippen molar-refractivity contribution in [3.8, 4) is 0 Å². The molecule has 0 spiro atoms. The highest BCUT2D eigenvalue weighted by Crippen LogP contribution is 2.13. The first-order valence-electron chi connectivity index (χ1n) is 6.70. The highest BCUT2D eigenvalue weighted by Gasteiger charge is 2.17. The number of nitrogens with zero attached hydrogens (tertiary/aromatic N) is 1. The van der Waals surface area contributed by atoms with Crippen molar-refractivity contribution >= 4 is 5.91 Å². The molecule has 0 aromatic heterocycles. The average Bonchev–Trinajstić information content (AvgIpc) is 2.94. The molecule has 2 rings (SSSR count). The van der Waals surface area contributed by atoms with Gasteiger partial charge in [0.05, 0.1) is 0 Å². The first-order valence-corrected chi connectivity index (χ1v) is 6.70. The third-order valence-corrected chi connectivity index (χ3v) is 3.38. The highest BCUT2D eigenvalue weighted by atomic mass is 19.2. The molecule has 3 nitrogen and oxygen atoms in total. The van der Waals surface area contributed by atoms with Crippen molar-refractivity contribution in [1.82, 2.24) is 10.2 Å². The van der Waals surface area contributed by atoms with Crippen LogP contribution in [0.25, 0.3) is 0 Å². The van der Waals surface area contributed by atoms with Crippen LogP contribution in [0.4, 0.5) is 13.2 Å². The number of halogens is 3. The zero-order valence-corrected chi connectivity index (χ0v) is 11.1. The molecule has 20 heavy (non-hydrogen) atoms. The lowest BCUT2D eigenvalue weighted by Crippen LogP contribution is -2.30. The molecule has 1 aliphatic heterocycles. The monoisotopic (exact) mass is 286 g/mol. The van der Waals surface area contributed by atoms with Crippen LogP contribution >= 0.6 is 0 Å². The van der Waals surface area contributed by atoms with Crippen LogP contribution in [-0.4, -0.2) is 30.4 Å². The zero-order chi connectivity index (χ0) is 14.5. The summed E-state index contributed by atoms with van der Waals surface area (Å²) in [5.74, 6) is -2.99. The van der Waals surface area contributed by atoms with Gasteiger partial charge in [-0.25, -0.2) is 13.2 Å². The number of likely N-dealkylation sites (tertiary alicyclic amines) is 1. The maximum Gasteiger partial charge on any atom is 0.223 e. The minimum Gasteiger partial charge on any atom is -0.343 e. The largest absolute Gasteiger partial charge is 0.343 e. The van der Waals surface area contributed by atoms with E-state index in [1.165, 1.54) is 0 Å². The highest BCUT2D eigenvalue weighted by molar-refractivity contribution is 5.76. The summed E-state index contributed by atoms with van der Waals surface area (Å²) >= 11 is 0. The summed E-state index contributed by atoms with van der Waals surface area (Å²) in [6.45, 7) is 2.05. The van der Waals surface area contributed by atoms with Crippen molar-refractivity contribution in [3.05, 3.63) is 35.1 Å². The second-order valence-electron chi connectivity index (χ2n) is 4.87. The van der Waals surface area contributed by atoms with Gasteiger partial charge >= 0.3 is 0 Å². The second-order valence-corrected chi connectivity index (χ2v) is 4.87. The van der Waals surface area contributed by atoms with Gasteiger partial charge in [0.25, 0.3) is 0 Å². The summed E-state index contributed by atoms with van der Waals surface area (Å²) in [6, 6.07) is 1.36. The Morgan fingerprint density at radius 1 is 1.10 bits per heavy atom. The number of amides is 1.